The van der Waals surface area contributed by atoms with Gasteiger partial charge >= 0.3 is 5.97 Å². The standard InChI is InChI=1S/C24H31NO2/c1-4-11-19(2)16-23(17-24(26)27)25(18-21-12-7-5-8-13-21)20(3)22-14-9-6-10-15-22/h4-15,19-20,23H,16-18H2,1-3H3,(H,26,27)/t19-,20?,23-/m1/s1. The average Bonchev–Trinajstić information content (AvgIpc) is 2.66. The fourth-order valence-corrected chi connectivity index (χ4v) is 3.67. The van der Waals surface area contributed by atoms with Crippen LogP contribution in [0.4, 0.5) is 0 Å². The van der Waals surface area contributed by atoms with Crippen molar-refractivity contribution in [2.24, 2.45) is 5.92 Å². The van der Waals surface area contributed by atoms with Gasteiger partial charge in [-0.2, -0.15) is 0 Å². The molecule has 3 heteroatoms. The summed E-state index contributed by atoms with van der Waals surface area (Å²) in [5.41, 5.74) is 2.41. The largest absolute Gasteiger partial charge is 0.481 e. The maximum absolute atomic E-state index is 11.6. The molecule has 0 heterocycles. The molecule has 0 bridgehead atoms. The maximum Gasteiger partial charge on any atom is 0.304 e. The van der Waals surface area contributed by atoms with Crippen molar-refractivity contribution in [3.8, 4) is 0 Å². The number of carboxylic acid groups (broad SMARTS) is 1. The highest BCUT2D eigenvalue weighted by atomic mass is 16.4. The van der Waals surface area contributed by atoms with E-state index in [1.54, 1.807) is 0 Å². The van der Waals surface area contributed by atoms with Crippen molar-refractivity contribution in [2.75, 3.05) is 0 Å². The Morgan fingerprint density at radius 2 is 1.63 bits per heavy atom. The molecule has 0 fully saturated rings. The van der Waals surface area contributed by atoms with Gasteiger partial charge in [0.1, 0.15) is 0 Å². The molecule has 0 saturated heterocycles. The molecule has 0 aliphatic rings. The molecule has 1 unspecified atom stereocenters. The third-order valence-electron chi connectivity index (χ3n) is 5.03. The van der Waals surface area contributed by atoms with Crippen LogP contribution in [0.25, 0.3) is 0 Å². The van der Waals surface area contributed by atoms with Crippen molar-refractivity contribution >= 4 is 5.97 Å². The average molecular weight is 366 g/mol. The molecule has 2 aromatic rings. The van der Waals surface area contributed by atoms with E-state index in [0.717, 1.165) is 13.0 Å². The molecule has 2 aromatic carbocycles. The Morgan fingerprint density at radius 3 is 2.19 bits per heavy atom. The number of nitrogens with zero attached hydrogens (tertiary/aromatic N) is 1. The van der Waals surface area contributed by atoms with Crippen molar-refractivity contribution < 1.29 is 9.90 Å². The van der Waals surface area contributed by atoms with E-state index in [4.69, 9.17) is 0 Å². The predicted octanol–water partition coefficient (Wildman–Crippen LogP) is 5.70. The lowest BCUT2D eigenvalue weighted by Gasteiger charge is -2.37. The highest BCUT2D eigenvalue weighted by molar-refractivity contribution is 5.67. The fraction of sp³-hybridized carbons (Fsp3) is 0.375. The van der Waals surface area contributed by atoms with Crippen LogP contribution in [0.15, 0.2) is 72.8 Å². The van der Waals surface area contributed by atoms with E-state index >= 15 is 0 Å². The number of benzene rings is 2. The van der Waals surface area contributed by atoms with E-state index in [1.807, 2.05) is 49.4 Å². The first-order chi connectivity index (χ1) is 13.0. The second kappa shape index (κ2) is 10.7. The van der Waals surface area contributed by atoms with E-state index in [-0.39, 0.29) is 18.5 Å². The second-order valence-corrected chi connectivity index (χ2v) is 7.24. The maximum atomic E-state index is 11.6. The monoisotopic (exact) mass is 365 g/mol. The van der Waals surface area contributed by atoms with Gasteiger partial charge in [-0.25, -0.2) is 0 Å². The first kappa shape index (κ1) is 20.9. The molecule has 0 amide bonds. The van der Waals surface area contributed by atoms with Gasteiger partial charge in [0.25, 0.3) is 0 Å². The number of allylic oxidation sites excluding steroid dienone is 2. The van der Waals surface area contributed by atoms with Crippen LogP contribution in [-0.4, -0.2) is 22.0 Å². The van der Waals surface area contributed by atoms with E-state index in [9.17, 15) is 9.90 Å². The quantitative estimate of drug-likeness (QED) is 0.549. The van der Waals surface area contributed by atoms with Gasteiger partial charge in [-0.3, -0.25) is 9.69 Å². The van der Waals surface area contributed by atoms with Gasteiger partial charge in [0.05, 0.1) is 6.42 Å². The minimum atomic E-state index is -0.744. The lowest BCUT2D eigenvalue weighted by Crippen LogP contribution is -2.39. The van der Waals surface area contributed by atoms with Gasteiger partial charge in [0, 0.05) is 18.6 Å². The molecular weight excluding hydrogens is 334 g/mol. The van der Waals surface area contributed by atoms with Crippen LogP contribution < -0.4 is 0 Å². The summed E-state index contributed by atoms with van der Waals surface area (Å²) in [4.78, 5) is 14.0. The lowest BCUT2D eigenvalue weighted by atomic mass is 9.94. The van der Waals surface area contributed by atoms with E-state index in [0.29, 0.717) is 5.92 Å². The van der Waals surface area contributed by atoms with Gasteiger partial charge in [-0.15, -0.1) is 0 Å². The molecule has 2 rings (SSSR count). The summed E-state index contributed by atoms with van der Waals surface area (Å²) in [5, 5.41) is 9.55. The van der Waals surface area contributed by atoms with Crippen molar-refractivity contribution in [3.63, 3.8) is 0 Å². The topological polar surface area (TPSA) is 40.5 Å². The van der Waals surface area contributed by atoms with Crippen molar-refractivity contribution in [1.29, 1.82) is 0 Å². The van der Waals surface area contributed by atoms with Crippen LogP contribution in [0.3, 0.4) is 0 Å². The number of hydrogen-bond acceptors (Lipinski definition) is 2. The molecule has 1 N–H and O–H groups in total. The Balaban J connectivity index is 2.34. The number of aliphatic carboxylic acids is 1. The molecule has 0 spiro atoms. The number of carbonyl (C=O) groups is 1. The van der Waals surface area contributed by atoms with Crippen LogP contribution in [0.5, 0.6) is 0 Å². The van der Waals surface area contributed by atoms with Gasteiger partial charge < -0.3 is 5.11 Å². The zero-order valence-electron chi connectivity index (χ0n) is 16.6. The molecule has 3 atom stereocenters. The molecule has 0 aliphatic carbocycles. The van der Waals surface area contributed by atoms with Crippen LogP contribution in [0, 0.1) is 5.92 Å². The Morgan fingerprint density at radius 1 is 1.04 bits per heavy atom. The Bertz CT molecular complexity index is 712. The number of hydrogen-bond donors (Lipinski definition) is 1. The molecule has 0 radical (unpaired) electrons. The molecule has 0 saturated carbocycles. The summed E-state index contributed by atoms with van der Waals surface area (Å²) in [7, 11) is 0. The molecule has 0 aliphatic heterocycles. The molecule has 27 heavy (non-hydrogen) atoms. The Labute approximate surface area is 163 Å². The minimum Gasteiger partial charge on any atom is -0.481 e. The first-order valence-electron chi connectivity index (χ1n) is 9.70. The highest BCUT2D eigenvalue weighted by Gasteiger charge is 2.27. The highest BCUT2D eigenvalue weighted by Crippen LogP contribution is 2.29. The zero-order valence-corrected chi connectivity index (χ0v) is 16.6. The Kier molecular flexibility index (Phi) is 8.28. The van der Waals surface area contributed by atoms with Gasteiger partial charge in [-0.1, -0.05) is 79.7 Å². The van der Waals surface area contributed by atoms with Crippen molar-refractivity contribution in [1.82, 2.24) is 4.90 Å². The summed E-state index contributed by atoms with van der Waals surface area (Å²) >= 11 is 0. The lowest BCUT2D eigenvalue weighted by molar-refractivity contribution is -0.138. The van der Waals surface area contributed by atoms with Crippen LogP contribution in [0.2, 0.25) is 0 Å². The van der Waals surface area contributed by atoms with Gasteiger partial charge in [-0.05, 0) is 37.3 Å². The van der Waals surface area contributed by atoms with E-state index < -0.39 is 5.97 Å². The fourth-order valence-electron chi connectivity index (χ4n) is 3.67. The third kappa shape index (κ3) is 6.69. The summed E-state index contributed by atoms with van der Waals surface area (Å²) in [6.45, 7) is 7.07. The summed E-state index contributed by atoms with van der Waals surface area (Å²) in [5.74, 6) is -0.411. The van der Waals surface area contributed by atoms with Crippen molar-refractivity contribution in [2.45, 2.75) is 52.2 Å². The smallest absolute Gasteiger partial charge is 0.304 e. The summed E-state index contributed by atoms with van der Waals surface area (Å²) < 4.78 is 0. The molecule has 0 aromatic heterocycles. The SMILES string of the molecule is CC=C[C@@H](C)C[C@H](CC(=O)O)N(Cc1ccccc1)C(C)c1ccccc1. The van der Waals surface area contributed by atoms with Crippen LogP contribution in [0.1, 0.15) is 50.8 Å². The molecule has 3 nitrogen and oxygen atoms in total. The predicted molar refractivity (Wildman–Crippen MR) is 111 cm³/mol. The normalized spacial score (nSPS) is 15.0. The van der Waals surface area contributed by atoms with Crippen LogP contribution >= 0.6 is 0 Å². The van der Waals surface area contributed by atoms with E-state index in [2.05, 4.69) is 49.1 Å². The van der Waals surface area contributed by atoms with E-state index in [1.165, 1.54) is 11.1 Å². The van der Waals surface area contributed by atoms with Crippen molar-refractivity contribution in [3.05, 3.63) is 83.9 Å². The number of carboxylic acids is 1. The number of rotatable bonds is 10. The summed E-state index contributed by atoms with van der Waals surface area (Å²) in [6.07, 6.45) is 5.17. The first-order valence-corrected chi connectivity index (χ1v) is 9.70. The van der Waals surface area contributed by atoms with Gasteiger partial charge in [0.15, 0.2) is 0 Å². The summed E-state index contributed by atoms with van der Waals surface area (Å²) in [6, 6.07) is 20.7. The second-order valence-electron chi connectivity index (χ2n) is 7.24. The Hall–Kier alpha value is -2.39. The minimum absolute atomic E-state index is 0.0379. The molecule has 144 valence electrons. The molecular formula is C24H31NO2. The zero-order chi connectivity index (χ0) is 19.6. The van der Waals surface area contributed by atoms with Crippen LogP contribution in [-0.2, 0) is 11.3 Å². The van der Waals surface area contributed by atoms with Gasteiger partial charge in [0.2, 0.25) is 0 Å². The third-order valence-corrected chi connectivity index (χ3v) is 5.03.